The van der Waals surface area contributed by atoms with Gasteiger partial charge in [-0.2, -0.15) is 0 Å². The topological polar surface area (TPSA) is 73.3 Å². The van der Waals surface area contributed by atoms with E-state index in [-0.39, 0.29) is 5.91 Å². The lowest BCUT2D eigenvalue weighted by molar-refractivity contribution is 0.0958. The average Bonchev–Trinajstić information content (AvgIpc) is 3.04. The number of hydrogen-bond donors (Lipinski definition) is 1. The maximum atomic E-state index is 11.8. The van der Waals surface area contributed by atoms with Crippen molar-refractivity contribution in [1.29, 1.82) is 0 Å². The van der Waals surface area contributed by atoms with Crippen LogP contribution in [-0.4, -0.2) is 35.3 Å². The minimum Gasteiger partial charge on any atom is -0.490 e. The number of aromatic nitrogens is 2. The van der Waals surface area contributed by atoms with Crippen LogP contribution in [0.3, 0.4) is 0 Å². The van der Waals surface area contributed by atoms with E-state index >= 15 is 0 Å². The molecule has 6 nitrogen and oxygen atoms in total. The fourth-order valence-corrected chi connectivity index (χ4v) is 2.36. The summed E-state index contributed by atoms with van der Waals surface area (Å²) < 4.78 is 14.8. The second-order valence-corrected chi connectivity index (χ2v) is 5.22. The fraction of sp³-hybridized carbons (Fsp3) is 0.400. The monoisotopic (exact) mass is 321 g/mol. The van der Waals surface area contributed by atoms with Gasteiger partial charge >= 0.3 is 0 Å². The second kappa shape index (κ2) is 8.33. The van der Waals surface area contributed by atoms with Crippen molar-refractivity contribution in [2.24, 2.45) is 0 Å². The van der Waals surface area contributed by atoms with Crippen molar-refractivity contribution in [3.63, 3.8) is 0 Å². The molecule has 0 aliphatic carbocycles. The number of carbonyl (C=O) groups is 1. The number of benzene rings is 1. The van der Waals surface area contributed by atoms with Crippen LogP contribution in [0.2, 0.25) is 0 Å². The Hall–Kier alpha value is -2.15. The fourth-order valence-electron chi connectivity index (χ4n) is 1.93. The van der Waals surface area contributed by atoms with E-state index in [9.17, 15) is 4.79 Å². The smallest absolute Gasteiger partial charge is 0.264 e. The van der Waals surface area contributed by atoms with E-state index in [1.54, 1.807) is 0 Å². The van der Waals surface area contributed by atoms with Crippen LogP contribution in [0.25, 0.3) is 0 Å². The highest BCUT2D eigenvalue weighted by molar-refractivity contribution is 7.07. The minimum absolute atomic E-state index is 0.147. The van der Waals surface area contributed by atoms with Crippen LogP contribution < -0.4 is 14.8 Å². The van der Waals surface area contributed by atoms with Crippen LogP contribution in [0, 0.1) is 0 Å². The van der Waals surface area contributed by atoms with Crippen molar-refractivity contribution in [3.8, 4) is 11.5 Å². The molecule has 1 aromatic heterocycles. The summed E-state index contributed by atoms with van der Waals surface area (Å²) in [5, 5.41) is 6.49. The number of carbonyl (C=O) groups excluding carboxylic acids is 1. The Morgan fingerprint density at radius 3 is 2.68 bits per heavy atom. The van der Waals surface area contributed by atoms with Crippen LogP contribution >= 0.6 is 11.5 Å². The standard InChI is InChI=1S/C15H19N3O3S/c1-3-20-12-6-5-11(9-13(12)21-4-2)7-8-16-15(19)14-10-17-18-22-14/h5-6,9-10H,3-4,7-8H2,1-2H3,(H,16,19). The Morgan fingerprint density at radius 2 is 2.00 bits per heavy atom. The third-order valence-electron chi connectivity index (χ3n) is 2.89. The number of ether oxygens (including phenoxy) is 2. The highest BCUT2D eigenvalue weighted by Gasteiger charge is 2.09. The van der Waals surface area contributed by atoms with Gasteiger partial charge in [-0.25, -0.2) is 0 Å². The maximum Gasteiger partial charge on any atom is 0.264 e. The molecule has 0 unspecified atom stereocenters. The van der Waals surface area contributed by atoms with E-state index in [0.717, 1.165) is 28.6 Å². The molecule has 0 fully saturated rings. The quantitative estimate of drug-likeness (QED) is 0.807. The molecule has 22 heavy (non-hydrogen) atoms. The van der Waals surface area contributed by atoms with Crippen molar-refractivity contribution in [2.75, 3.05) is 19.8 Å². The molecule has 118 valence electrons. The zero-order chi connectivity index (χ0) is 15.8. The van der Waals surface area contributed by atoms with Crippen LogP contribution in [-0.2, 0) is 6.42 Å². The number of rotatable bonds is 8. The molecule has 0 spiro atoms. The van der Waals surface area contributed by atoms with Crippen LogP contribution in [0.5, 0.6) is 11.5 Å². The Labute approximate surface area is 133 Å². The first-order chi connectivity index (χ1) is 10.7. The zero-order valence-corrected chi connectivity index (χ0v) is 13.5. The lowest BCUT2D eigenvalue weighted by Crippen LogP contribution is -2.24. The molecule has 0 aliphatic heterocycles. The lowest BCUT2D eigenvalue weighted by Gasteiger charge is -2.12. The molecular formula is C15H19N3O3S. The minimum atomic E-state index is -0.147. The van der Waals surface area contributed by atoms with Crippen LogP contribution in [0.1, 0.15) is 29.1 Å². The Morgan fingerprint density at radius 1 is 1.23 bits per heavy atom. The van der Waals surface area contributed by atoms with E-state index in [4.69, 9.17) is 9.47 Å². The second-order valence-electron chi connectivity index (χ2n) is 4.43. The Bertz CT molecular complexity index is 602. The summed E-state index contributed by atoms with van der Waals surface area (Å²) >= 11 is 1.08. The van der Waals surface area contributed by atoms with Gasteiger partial charge in [0.1, 0.15) is 4.88 Å². The van der Waals surface area contributed by atoms with Gasteiger partial charge in [0.2, 0.25) is 0 Å². The molecule has 0 aliphatic rings. The predicted octanol–water partition coefficient (Wildman–Crippen LogP) is 2.31. The number of nitrogens with zero attached hydrogens (tertiary/aromatic N) is 2. The van der Waals surface area contributed by atoms with Gasteiger partial charge in [-0.05, 0) is 49.5 Å². The highest BCUT2D eigenvalue weighted by atomic mass is 32.1. The van der Waals surface area contributed by atoms with E-state index in [1.807, 2.05) is 32.0 Å². The summed E-state index contributed by atoms with van der Waals surface area (Å²) in [6.07, 6.45) is 2.18. The predicted molar refractivity (Wildman–Crippen MR) is 84.7 cm³/mol. The maximum absolute atomic E-state index is 11.8. The van der Waals surface area contributed by atoms with Gasteiger partial charge in [-0.15, -0.1) is 5.10 Å². The van der Waals surface area contributed by atoms with E-state index in [1.165, 1.54) is 6.20 Å². The van der Waals surface area contributed by atoms with Gasteiger partial charge in [-0.1, -0.05) is 10.6 Å². The van der Waals surface area contributed by atoms with E-state index < -0.39 is 0 Å². The van der Waals surface area contributed by atoms with Gasteiger partial charge in [-0.3, -0.25) is 4.79 Å². The summed E-state index contributed by atoms with van der Waals surface area (Å²) in [5.74, 6) is 1.33. The SMILES string of the molecule is CCOc1ccc(CCNC(=O)c2cnns2)cc1OCC. The number of hydrogen-bond acceptors (Lipinski definition) is 6. The summed E-state index contributed by atoms with van der Waals surface area (Å²) in [6, 6.07) is 5.83. The van der Waals surface area contributed by atoms with Gasteiger partial charge in [0.15, 0.2) is 11.5 Å². The molecule has 1 aromatic carbocycles. The molecular weight excluding hydrogens is 302 g/mol. The largest absolute Gasteiger partial charge is 0.490 e. The van der Waals surface area contributed by atoms with Crippen LogP contribution in [0.4, 0.5) is 0 Å². The van der Waals surface area contributed by atoms with Crippen molar-refractivity contribution >= 4 is 17.4 Å². The third-order valence-corrected chi connectivity index (χ3v) is 3.56. The average molecular weight is 321 g/mol. The molecule has 1 N–H and O–H groups in total. The molecule has 1 heterocycles. The normalized spacial score (nSPS) is 10.3. The zero-order valence-electron chi connectivity index (χ0n) is 12.7. The van der Waals surface area contributed by atoms with Gasteiger partial charge in [0.05, 0.1) is 19.4 Å². The molecule has 0 radical (unpaired) electrons. The molecule has 0 bridgehead atoms. The summed E-state index contributed by atoms with van der Waals surface area (Å²) in [6.45, 7) is 5.59. The molecule has 2 rings (SSSR count). The van der Waals surface area contributed by atoms with Crippen LogP contribution in [0.15, 0.2) is 24.4 Å². The van der Waals surface area contributed by atoms with Crippen molar-refractivity contribution in [3.05, 3.63) is 34.8 Å². The molecule has 7 heteroatoms. The summed E-state index contributed by atoms with van der Waals surface area (Å²) in [4.78, 5) is 12.3. The first-order valence-corrected chi connectivity index (χ1v) is 7.96. The van der Waals surface area contributed by atoms with Gasteiger partial charge < -0.3 is 14.8 Å². The van der Waals surface area contributed by atoms with Crippen molar-refractivity contribution < 1.29 is 14.3 Å². The Kier molecular flexibility index (Phi) is 6.14. The molecule has 2 aromatic rings. The van der Waals surface area contributed by atoms with Crippen molar-refractivity contribution in [1.82, 2.24) is 14.9 Å². The number of nitrogens with one attached hydrogen (secondary N) is 1. The molecule has 1 amide bonds. The van der Waals surface area contributed by atoms with Gasteiger partial charge in [0.25, 0.3) is 5.91 Å². The first-order valence-electron chi connectivity index (χ1n) is 7.18. The third kappa shape index (κ3) is 4.42. The summed E-state index contributed by atoms with van der Waals surface area (Å²) in [7, 11) is 0. The molecule has 0 saturated carbocycles. The summed E-state index contributed by atoms with van der Waals surface area (Å²) in [5.41, 5.74) is 1.08. The molecule has 0 atom stereocenters. The first kappa shape index (κ1) is 16.2. The number of amides is 1. The van der Waals surface area contributed by atoms with Gasteiger partial charge in [0, 0.05) is 6.54 Å². The van der Waals surface area contributed by atoms with E-state index in [0.29, 0.717) is 31.1 Å². The lowest BCUT2D eigenvalue weighted by atomic mass is 10.1. The molecule has 0 saturated heterocycles. The van der Waals surface area contributed by atoms with Crippen molar-refractivity contribution in [2.45, 2.75) is 20.3 Å². The Balaban J connectivity index is 1.92. The van der Waals surface area contributed by atoms with E-state index in [2.05, 4.69) is 14.9 Å². The highest BCUT2D eigenvalue weighted by Crippen LogP contribution is 2.28.